The van der Waals surface area contributed by atoms with Gasteiger partial charge in [-0.25, -0.2) is 8.78 Å². The molecule has 5 aliphatic rings. The lowest BCUT2D eigenvalue weighted by molar-refractivity contribution is 0.245. The van der Waals surface area contributed by atoms with E-state index in [0.29, 0.717) is 61.2 Å². The molecule has 0 fully saturated rings. The summed E-state index contributed by atoms with van der Waals surface area (Å²) in [6, 6.07) is 80.5. The quantitative estimate of drug-likeness (QED) is 0.0511. The number of aryl methyl sites for hydroxylation is 5. The van der Waals surface area contributed by atoms with Crippen molar-refractivity contribution >= 4 is 0 Å². The van der Waals surface area contributed by atoms with Gasteiger partial charge in [0.1, 0.15) is 109 Å². The number of phenols is 11. The van der Waals surface area contributed by atoms with Crippen LogP contribution in [0.25, 0.3) is 0 Å². The van der Waals surface area contributed by atoms with E-state index in [9.17, 15) is 65.0 Å². The lowest BCUT2D eigenvalue weighted by atomic mass is 9.74. The van der Waals surface area contributed by atoms with Crippen molar-refractivity contribution < 1.29 is 103 Å². The molecule has 0 saturated carbocycles. The molecule has 21 heteroatoms. The molecule has 20 rings (SSSR count). The van der Waals surface area contributed by atoms with Crippen LogP contribution in [0.1, 0.15) is 198 Å². The van der Waals surface area contributed by atoms with Crippen molar-refractivity contribution in [3.8, 4) is 109 Å². The molecule has 0 amide bonds. The number of fused-ring (bicyclic) bond motifs is 5. The topological polar surface area (TPSA) is 296 Å². The van der Waals surface area contributed by atoms with Gasteiger partial charge in [0.15, 0.2) is 11.6 Å². The Hall–Kier alpha value is -15.6. The average Bonchev–Trinajstić information content (AvgIpc) is 0.757. The second kappa shape index (κ2) is 41.1. The van der Waals surface area contributed by atoms with Crippen molar-refractivity contribution in [2.45, 2.75) is 128 Å². The van der Waals surface area contributed by atoms with Crippen LogP contribution in [-0.4, -0.2) is 111 Å². The van der Waals surface area contributed by atoms with E-state index in [1.165, 1.54) is 30.4 Å². The largest absolute Gasteiger partial charge is 0.508 e. The van der Waals surface area contributed by atoms with E-state index >= 15 is 0 Å². The number of ether oxygens (including phenoxy) is 8. The summed E-state index contributed by atoms with van der Waals surface area (Å²) in [6.45, 7) is 21.3. The Morgan fingerprint density at radius 2 is 0.446 bits per heavy atom. The number of halogens is 2. The minimum atomic E-state index is -0.423. The third-order valence-corrected chi connectivity index (χ3v) is 27.8. The summed E-state index contributed by atoms with van der Waals surface area (Å²) >= 11 is 0. The summed E-state index contributed by atoms with van der Waals surface area (Å²) in [5.74, 6) is 7.42. The van der Waals surface area contributed by atoms with Gasteiger partial charge in [0.25, 0.3) is 0 Å². The van der Waals surface area contributed by atoms with Crippen LogP contribution in [-0.2, 0) is 0 Å². The molecular formula is C118H114F2O19. The summed E-state index contributed by atoms with van der Waals surface area (Å²) in [5, 5.41) is 109. The summed E-state index contributed by atoms with van der Waals surface area (Å²) in [6.07, 6.45) is 0. The molecule has 0 bridgehead atoms. The van der Waals surface area contributed by atoms with Gasteiger partial charge in [-0.3, -0.25) is 0 Å². The van der Waals surface area contributed by atoms with Crippen LogP contribution in [0.4, 0.5) is 8.78 Å². The first-order valence-corrected chi connectivity index (χ1v) is 46.2. The van der Waals surface area contributed by atoms with Gasteiger partial charge < -0.3 is 94.1 Å². The van der Waals surface area contributed by atoms with E-state index < -0.39 is 5.82 Å². The van der Waals surface area contributed by atoms with Gasteiger partial charge in [0.05, 0.1) is 54.4 Å². The number of rotatable bonds is 13. The van der Waals surface area contributed by atoms with Gasteiger partial charge in [-0.15, -0.1) is 0 Å². The Morgan fingerprint density at radius 1 is 0.216 bits per heavy atom. The third kappa shape index (κ3) is 19.9. The normalized spacial score (nSPS) is 18.4. The highest BCUT2D eigenvalue weighted by molar-refractivity contribution is 5.64. The maximum absolute atomic E-state index is 14.5. The third-order valence-electron chi connectivity index (χ3n) is 27.8. The summed E-state index contributed by atoms with van der Waals surface area (Å²) < 4.78 is 74.8. The van der Waals surface area contributed by atoms with Crippen molar-refractivity contribution in [2.24, 2.45) is 0 Å². The maximum Gasteiger partial charge on any atom is 0.165 e. The summed E-state index contributed by atoms with van der Waals surface area (Å²) in [7, 11) is 4.81. The average molecular weight is 1870 g/mol. The van der Waals surface area contributed by atoms with E-state index in [1.807, 2.05) is 169 Å². The molecule has 714 valence electrons. The Balaban J connectivity index is 0.000000125. The van der Waals surface area contributed by atoms with Crippen LogP contribution < -0.4 is 37.9 Å². The van der Waals surface area contributed by atoms with Gasteiger partial charge in [-0.1, -0.05) is 146 Å². The van der Waals surface area contributed by atoms with Crippen LogP contribution in [0.5, 0.6) is 109 Å². The Kier molecular flexibility index (Phi) is 28.5. The highest BCUT2D eigenvalue weighted by atomic mass is 19.1. The zero-order valence-corrected chi connectivity index (χ0v) is 79.7. The molecule has 0 saturated heterocycles. The molecule has 10 unspecified atom stereocenters. The van der Waals surface area contributed by atoms with Crippen molar-refractivity contribution in [1.29, 1.82) is 0 Å². The second-order valence-electron chi connectivity index (χ2n) is 36.4. The molecule has 10 atom stereocenters. The van der Waals surface area contributed by atoms with Gasteiger partial charge >= 0.3 is 0 Å². The SMILES string of the molecule is COc1c(C)cc(C2c3ccc(O)c(C)c3OCC2c2ccc(O)cc2)cc1C.COc1ccc(C2c3ccc(O)c(C)c3OCC2c2ccc(O)cc2)cc1C.COc1ccc(C2c3ccc(O)c(C)c3OCC2c2ccc(O)cc2)cc1F.Cc1cc(C2c3ccc(O)c(C)c3OCC2c2ccc(O)cc2)ccc1F.Cc1cc(C2c3ccc(O)c(C)c3OCC2c2ccc(O)cc2)ccc1O. The molecule has 5 heterocycles. The van der Waals surface area contributed by atoms with Crippen molar-refractivity contribution in [1.82, 2.24) is 0 Å². The molecular weight excluding hydrogens is 1760 g/mol. The summed E-state index contributed by atoms with van der Waals surface area (Å²) in [5.41, 5.74) is 23.9. The molecule has 0 aliphatic carbocycles. The Morgan fingerprint density at radius 3 is 0.705 bits per heavy atom. The number of methoxy groups -OCH3 is 3. The monoisotopic (exact) mass is 1870 g/mol. The number of phenolic OH excluding ortho intramolecular Hbond substituents is 11. The van der Waals surface area contributed by atoms with Crippen LogP contribution in [0.15, 0.2) is 267 Å². The number of benzene rings is 15. The lowest BCUT2D eigenvalue weighted by Crippen LogP contribution is -2.26. The molecule has 15 aromatic carbocycles. The molecule has 0 radical (unpaired) electrons. The lowest BCUT2D eigenvalue weighted by Gasteiger charge is -2.36. The van der Waals surface area contributed by atoms with E-state index in [2.05, 4.69) is 38.1 Å². The smallest absolute Gasteiger partial charge is 0.165 e. The highest BCUT2D eigenvalue weighted by Gasteiger charge is 2.42. The van der Waals surface area contributed by atoms with Gasteiger partial charge in [0, 0.05) is 115 Å². The minimum Gasteiger partial charge on any atom is -0.508 e. The van der Waals surface area contributed by atoms with Crippen LogP contribution in [0, 0.1) is 80.9 Å². The predicted molar refractivity (Wildman–Crippen MR) is 532 cm³/mol. The standard InChI is InChI=1S/C25H26O4.C24H24O4.C23H21FO4.C23H21FO3.C23H22O4/c1-14-11-18(12-15(2)24(14)28-4)23-20-9-10-22(27)16(3)25(20)29-13-21(23)17-5-7-19(26)8-6-17;1-14-12-17(6-11-22(14)27-3)23-19-9-10-21(26)15(2)24(19)28-13-20(23)16-4-7-18(25)8-5-16;1-13-20(26)9-8-17-22(15-5-10-21(27-2)19(24)11-15)18(12-28-23(13)17)14-3-6-16(25)7-4-14;1-13-11-16(5-9-20(13)24)22-18-8-10-21(26)14(2)23(18)27-12-19(22)15-3-6-17(25)7-4-15;1-13-11-16(5-9-20(13)25)22-18-8-10-21(26)14(2)23(18)27-12-19(22)15-3-6-17(24)7-4-15/h5-12,21,23,26-27H,13H2,1-4H3;4-12,20,23,25-26H,13H2,1-3H3;3-11,18,22,25-26H,12H2,1-2H3;3-11,19,22,25-26H,12H2,1-2H3;3-11,19,22,24-26H,12H2,1-2H3. The van der Waals surface area contributed by atoms with Crippen LogP contribution >= 0.6 is 0 Å². The van der Waals surface area contributed by atoms with Crippen molar-refractivity contribution in [3.63, 3.8) is 0 Å². The zero-order chi connectivity index (χ0) is 98.6. The fraction of sp³-hybridized carbons (Fsp3) is 0.237. The fourth-order valence-corrected chi connectivity index (χ4v) is 20.4. The number of hydrogen-bond donors (Lipinski definition) is 11. The van der Waals surface area contributed by atoms with Crippen LogP contribution in [0.3, 0.4) is 0 Å². The first-order valence-electron chi connectivity index (χ1n) is 46.2. The Labute approximate surface area is 807 Å². The van der Waals surface area contributed by atoms with E-state index in [4.69, 9.17) is 37.9 Å². The van der Waals surface area contributed by atoms with Crippen molar-refractivity contribution in [2.75, 3.05) is 54.4 Å². The summed E-state index contributed by atoms with van der Waals surface area (Å²) in [4.78, 5) is 0. The van der Waals surface area contributed by atoms with Gasteiger partial charge in [-0.05, 0) is 274 Å². The van der Waals surface area contributed by atoms with Gasteiger partial charge in [-0.2, -0.15) is 0 Å². The minimum absolute atomic E-state index is 0.00639. The zero-order valence-electron chi connectivity index (χ0n) is 79.7. The first kappa shape index (κ1) is 96.5. The Bertz CT molecular complexity index is 6650. The van der Waals surface area contributed by atoms with E-state index in [-0.39, 0.29) is 134 Å². The van der Waals surface area contributed by atoms with Crippen LogP contribution in [0.2, 0.25) is 0 Å². The molecule has 139 heavy (non-hydrogen) atoms. The fourth-order valence-electron chi connectivity index (χ4n) is 20.4. The molecule has 0 aromatic heterocycles. The second-order valence-corrected chi connectivity index (χ2v) is 36.4. The van der Waals surface area contributed by atoms with Crippen molar-refractivity contribution in [3.05, 3.63) is 418 Å². The van der Waals surface area contributed by atoms with E-state index in [0.717, 1.165) is 140 Å². The molecule has 11 N–H and O–H groups in total. The number of hydrogen-bond acceptors (Lipinski definition) is 19. The van der Waals surface area contributed by atoms with Gasteiger partial charge in [0.2, 0.25) is 0 Å². The van der Waals surface area contributed by atoms with E-state index in [1.54, 1.807) is 131 Å². The number of aromatic hydroxyl groups is 11. The highest BCUT2D eigenvalue weighted by Crippen LogP contribution is 2.57. The first-order chi connectivity index (χ1) is 66.8. The molecule has 15 aromatic rings. The molecule has 5 aliphatic heterocycles. The predicted octanol–water partition coefficient (Wildman–Crippen LogP) is 25.1. The maximum atomic E-state index is 14.5. The molecule has 19 nitrogen and oxygen atoms in total. The molecule has 0 spiro atoms.